The summed E-state index contributed by atoms with van der Waals surface area (Å²) in [5.74, 6) is 0.545. The Kier molecular flexibility index (Phi) is 3.55. The van der Waals surface area contributed by atoms with Crippen LogP contribution in [-0.2, 0) is 6.18 Å². The number of pyridine rings is 1. The van der Waals surface area contributed by atoms with Crippen LogP contribution in [0.2, 0.25) is 0 Å². The normalized spacial score (nSPS) is 11.7. The second-order valence-corrected chi connectivity index (χ2v) is 4.99. The average molecular weight is 319 g/mol. The van der Waals surface area contributed by atoms with Crippen LogP contribution in [0.3, 0.4) is 0 Å². The van der Waals surface area contributed by atoms with Crippen LogP contribution >= 0.6 is 0 Å². The molecule has 0 saturated carbocycles. The summed E-state index contributed by atoms with van der Waals surface area (Å²) in [6, 6.07) is 7.59. The molecule has 7 heteroatoms. The zero-order chi connectivity index (χ0) is 16.6. The molecule has 3 aromatic rings. The second kappa shape index (κ2) is 5.42. The van der Waals surface area contributed by atoms with E-state index in [0.717, 1.165) is 12.1 Å². The van der Waals surface area contributed by atoms with Gasteiger partial charge in [-0.3, -0.25) is 9.36 Å². The summed E-state index contributed by atoms with van der Waals surface area (Å²) in [7, 11) is 0. The van der Waals surface area contributed by atoms with Gasteiger partial charge in [0.25, 0.3) is 5.56 Å². The number of nitrogens with zero attached hydrogens (tertiary/aromatic N) is 2. The molecule has 0 atom stereocenters. The Morgan fingerprint density at radius 3 is 2.61 bits per heavy atom. The Morgan fingerprint density at radius 2 is 1.96 bits per heavy atom. The van der Waals surface area contributed by atoms with E-state index >= 15 is 0 Å². The molecule has 3 rings (SSSR count). The van der Waals surface area contributed by atoms with Gasteiger partial charge < -0.3 is 4.98 Å². The average Bonchev–Trinajstić information content (AvgIpc) is 3.01. The third kappa shape index (κ3) is 2.77. The molecule has 118 valence electrons. The third-order valence-corrected chi connectivity index (χ3v) is 3.52. The number of hydrogen-bond donors (Lipinski definition) is 1. The Morgan fingerprint density at radius 1 is 1.17 bits per heavy atom. The lowest BCUT2D eigenvalue weighted by Gasteiger charge is -2.14. The minimum absolute atomic E-state index is 0.163. The van der Waals surface area contributed by atoms with Crippen LogP contribution in [0.4, 0.5) is 13.2 Å². The lowest BCUT2D eigenvalue weighted by atomic mass is 10.1. The number of aromatic nitrogens is 3. The Bertz CT molecular complexity index is 896. The highest BCUT2D eigenvalue weighted by Crippen LogP contribution is 2.30. The van der Waals surface area contributed by atoms with E-state index in [4.69, 9.17) is 0 Å². The molecule has 0 radical (unpaired) electrons. The summed E-state index contributed by atoms with van der Waals surface area (Å²) >= 11 is 0. The van der Waals surface area contributed by atoms with Crippen molar-refractivity contribution < 1.29 is 13.2 Å². The van der Waals surface area contributed by atoms with E-state index in [0.29, 0.717) is 17.1 Å². The van der Waals surface area contributed by atoms with Gasteiger partial charge in [0.2, 0.25) is 0 Å². The lowest BCUT2D eigenvalue weighted by Crippen LogP contribution is -2.20. The largest absolute Gasteiger partial charge is 0.416 e. The standard InChI is InChI=1S/C16H12F3N3O/c1-10-13(15-20-7-8-21-15)5-6-14(23)22(10)12-4-2-3-11(9-12)16(17,18)19/h2-9H,1H3,(H,20,21). The quantitative estimate of drug-likeness (QED) is 0.785. The first-order valence-corrected chi connectivity index (χ1v) is 6.78. The Hall–Kier alpha value is -2.83. The molecule has 1 N–H and O–H groups in total. The molecule has 2 heterocycles. The van der Waals surface area contributed by atoms with Crippen LogP contribution in [0.5, 0.6) is 0 Å². The SMILES string of the molecule is Cc1c(-c2ncc[nH]2)ccc(=O)n1-c1cccc(C(F)(F)F)c1. The smallest absolute Gasteiger partial charge is 0.345 e. The van der Waals surface area contributed by atoms with Gasteiger partial charge in [0.05, 0.1) is 5.56 Å². The summed E-state index contributed by atoms with van der Waals surface area (Å²) < 4.78 is 39.9. The molecular weight excluding hydrogens is 307 g/mol. The zero-order valence-electron chi connectivity index (χ0n) is 12.1. The first-order valence-electron chi connectivity index (χ1n) is 6.78. The van der Waals surface area contributed by atoms with E-state index in [1.54, 1.807) is 25.4 Å². The molecule has 2 aromatic heterocycles. The fourth-order valence-electron chi connectivity index (χ4n) is 2.44. The number of halogens is 3. The minimum Gasteiger partial charge on any atom is -0.345 e. The van der Waals surface area contributed by atoms with Gasteiger partial charge in [-0.2, -0.15) is 13.2 Å². The predicted molar refractivity (Wildman–Crippen MR) is 79.4 cm³/mol. The number of H-pyrrole nitrogens is 1. The van der Waals surface area contributed by atoms with Crippen LogP contribution in [0.1, 0.15) is 11.3 Å². The van der Waals surface area contributed by atoms with Crippen molar-refractivity contribution >= 4 is 0 Å². The van der Waals surface area contributed by atoms with Crippen LogP contribution in [-0.4, -0.2) is 14.5 Å². The first-order chi connectivity index (χ1) is 10.9. The van der Waals surface area contributed by atoms with Crippen molar-refractivity contribution in [2.24, 2.45) is 0 Å². The molecule has 0 unspecified atom stereocenters. The summed E-state index contributed by atoms with van der Waals surface area (Å²) in [6.45, 7) is 1.67. The fraction of sp³-hybridized carbons (Fsp3) is 0.125. The Balaban J connectivity index is 2.21. The molecule has 0 aliphatic carbocycles. The molecule has 0 aliphatic rings. The van der Waals surface area contributed by atoms with E-state index < -0.39 is 17.3 Å². The third-order valence-electron chi connectivity index (χ3n) is 3.52. The molecular formula is C16H12F3N3O. The molecule has 0 amide bonds. The lowest BCUT2D eigenvalue weighted by molar-refractivity contribution is -0.137. The van der Waals surface area contributed by atoms with Crippen LogP contribution < -0.4 is 5.56 Å². The van der Waals surface area contributed by atoms with Gasteiger partial charge in [0.1, 0.15) is 5.82 Å². The maximum atomic E-state index is 12.9. The van der Waals surface area contributed by atoms with Crippen molar-refractivity contribution in [3.8, 4) is 17.1 Å². The highest BCUT2D eigenvalue weighted by atomic mass is 19.4. The van der Waals surface area contributed by atoms with E-state index in [1.807, 2.05) is 0 Å². The van der Waals surface area contributed by atoms with Gasteiger partial charge in [-0.25, -0.2) is 4.98 Å². The topological polar surface area (TPSA) is 50.7 Å². The van der Waals surface area contributed by atoms with Crippen molar-refractivity contribution in [3.63, 3.8) is 0 Å². The number of rotatable bonds is 2. The molecule has 0 aliphatic heterocycles. The summed E-state index contributed by atoms with van der Waals surface area (Å²) in [5.41, 5.74) is 0.108. The monoisotopic (exact) mass is 319 g/mol. The predicted octanol–water partition coefficient (Wildman–Crippen LogP) is 3.55. The van der Waals surface area contributed by atoms with Crippen molar-refractivity contribution in [3.05, 3.63) is 70.4 Å². The maximum Gasteiger partial charge on any atom is 0.416 e. The van der Waals surface area contributed by atoms with Gasteiger partial charge in [0, 0.05) is 35.4 Å². The summed E-state index contributed by atoms with van der Waals surface area (Å²) in [6.07, 6.45) is -1.27. The van der Waals surface area contributed by atoms with E-state index in [-0.39, 0.29) is 5.69 Å². The summed E-state index contributed by atoms with van der Waals surface area (Å²) in [4.78, 5) is 19.2. The number of imidazole rings is 1. The van der Waals surface area contributed by atoms with Crippen molar-refractivity contribution in [1.29, 1.82) is 0 Å². The van der Waals surface area contributed by atoms with Crippen molar-refractivity contribution in [1.82, 2.24) is 14.5 Å². The number of hydrogen-bond acceptors (Lipinski definition) is 2. The van der Waals surface area contributed by atoms with Gasteiger partial charge >= 0.3 is 6.18 Å². The molecule has 4 nitrogen and oxygen atoms in total. The van der Waals surface area contributed by atoms with Gasteiger partial charge in [-0.05, 0) is 31.2 Å². The number of nitrogens with one attached hydrogen (secondary N) is 1. The number of aromatic amines is 1. The van der Waals surface area contributed by atoms with Crippen LogP contribution in [0.15, 0.2) is 53.6 Å². The zero-order valence-corrected chi connectivity index (χ0v) is 12.1. The number of benzene rings is 1. The summed E-state index contributed by atoms with van der Waals surface area (Å²) in [5, 5.41) is 0. The molecule has 1 aromatic carbocycles. The molecule has 0 bridgehead atoms. The van der Waals surface area contributed by atoms with Gasteiger partial charge in [-0.1, -0.05) is 6.07 Å². The minimum atomic E-state index is -4.47. The Labute approximate surface area is 129 Å². The second-order valence-electron chi connectivity index (χ2n) is 4.99. The molecule has 23 heavy (non-hydrogen) atoms. The van der Waals surface area contributed by atoms with Crippen molar-refractivity contribution in [2.75, 3.05) is 0 Å². The first kappa shape index (κ1) is 15.1. The van der Waals surface area contributed by atoms with Crippen LogP contribution in [0.25, 0.3) is 17.1 Å². The van der Waals surface area contributed by atoms with Gasteiger partial charge in [-0.15, -0.1) is 0 Å². The number of alkyl halides is 3. The highest BCUT2D eigenvalue weighted by molar-refractivity contribution is 5.59. The fourth-order valence-corrected chi connectivity index (χ4v) is 2.44. The van der Waals surface area contributed by atoms with E-state index in [9.17, 15) is 18.0 Å². The molecule has 0 fully saturated rings. The maximum absolute atomic E-state index is 12.9. The molecule has 0 spiro atoms. The highest BCUT2D eigenvalue weighted by Gasteiger charge is 2.30. The van der Waals surface area contributed by atoms with Gasteiger partial charge in [0.15, 0.2) is 0 Å². The van der Waals surface area contributed by atoms with E-state index in [1.165, 1.54) is 22.8 Å². The van der Waals surface area contributed by atoms with Crippen molar-refractivity contribution in [2.45, 2.75) is 13.1 Å². The van der Waals surface area contributed by atoms with Crippen LogP contribution in [0, 0.1) is 6.92 Å². The molecule has 0 saturated heterocycles. The van der Waals surface area contributed by atoms with E-state index in [2.05, 4.69) is 9.97 Å².